The number of carboxylic acid groups (broad SMARTS) is 1. The summed E-state index contributed by atoms with van der Waals surface area (Å²) in [4.78, 5) is 26.7. The van der Waals surface area contributed by atoms with Crippen molar-refractivity contribution in [3.8, 4) is 0 Å². The van der Waals surface area contributed by atoms with Crippen molar-refractivity contribution in [1.29, 1.82) is 0 Å². The van der Waals surface area contributed by atoms with Crippen molar-refractivity contribution < 1.29 is 19.4 Å². The van der Waals surface area contributed by atoms with E-state index in [0.29, 0.717) is 18.7 Å². The average molecular weight is 326 g/mol. The number of hydrogen-bond acceptors (Lipinski definition) is 4. The first kappa shape index (κ1) is 16.1. The fraction of sp³-hybridized carbons (Fsp3) is 0.278. The highest BCUT2D eigenvalue weighted by Gasteiger charge is 2.29. The number of rotatable bonds is 5. The van der Waals surface area contributed by atoms with Gasteiger partial charge in [0.2, 0.25) is 0 Å². The average Bonchev–Trinajstić information content (AvgIpc) is 3.09. The van der Waals surface area contributed by atoms with Crippen molar-refractivity contribution in [3.63, 3.8) is 0 Å². The third kappa shape index (κ3) is 3.60. The lowest BCUT2D eigenvalue weighted by Gasteiger charge is -2.19. The standard InChI is InChI=1S/C18H18N2O4/c21-17(14-6-7-15(18(22)23)19-11-14)20-10-13-8-9-24-16(13)12-4-2-1-3-5-12/h1-7,11,13,16H,8-10H2,(H,20,21)(H,22,23)/t13-,16-/m1/s1. The number of aromatic carboxylic acids is 1. The number of carbonyl (C=O) groups excluding carboxylic acids is 1. The maximum Gasteiger partial charge on any atom is 0.354 e. The largest absolute Gasteiger partial charge is 0.477 e. The molecule has 6 nitrogen and oxygen atoms in total. The Morgan fingerprint density at radius 1 is 1.21 bits per heavy atom. The molecule has 2 atom stereocenters. The minimum absolute atomic E-state index is 0.0148. The Hall–Kier alpha value is -2.73. The number of amides is 1. The quantitative estimate of drug-likeness (QED) is 0.880. The van der Waals surface area contributed by atoms with Crippen LogP contribution in [0.1, 0.15) is 38.9 Å². The van der Waals surface area contributed by atoms with Crippen LogP contribution in [0.4, 0.5) is 0 Å². The molecule has 2 N–H and O–H groups in total. The van der Waals surface area contributed by atoms with Gasteiger partial charge in [-0.25, -0.2) is 9.78 Å². The van der Waals surface area contributed by atoms with E-state index in [1.54, 1.807) is 0 Å². The van der Waals surface area contributed by atoms with Gasteiger partial charge in [-0.2, -0.15) is 0 Å². The second-order valence-corrected chi connectivity index (χ2v) is 5.70. The van der Waals surface area contributed by atoms with Crippen LogP contribution in [0.25, 0.3) is 0 Å². The maximum atomic E-state index is 12.2. The number of benzene rings is 1. The minimum atomic E-state index is -1.12. The fourth-order valence-corrected chi connectivity index (χ4v) is 2.83. The SMILES string of the molecule is O=C(NC[C@H]1CCO[C@@H]1c1ccccc1)c1ccc(C(=O)O)nc1. The lowest BCUT2D eigenvalue weighted by Crippen LogP contribution is -2.30. The summed E-state index contributed by atoms with van der Waals surface area (Å²) < 4.78 is 5.80. The van der Waals surface area contributed by atoms with Crippen LogP contribution >= 0.6 is 0 Å². The second-order valence-electron chi connectivity index (χ2n) is 5.70. The lowest BCUT2D eigenvalue weighted by molar-refractivity contribution is 0.0689. The maximum absolute atomic E-state index is 12.2. The molecule has 0 saturated carbocycles. The van der Waals surface area contributed by atoms with Crippen molar-refractivity contribution in [2.45, 2.75) is 12.5 Å². The highest BCUT2D eigenvalue weighted by Crippen LogP contribution is 2.33. The first-order chi connectivity index (χ1) is 11.6. The number of hydrogen-bond donors (Lipinski definition) is 2. The van der Waals surface area contributed by atoms with E-state index in [0.717, 1.165) is 12.0 Å². The Balaban J connectivity index is 1.60. The number of carboxylic acids is 1. The van der Waals surface area contributed by atoms with Gasteiger partial charge in [-0.1, -0.05) is 30.3 Å². The van der Waals surface area contributed by atoms with E-state index in [2.05, 4.69) is 10.3 Å². The molecule has 124 valence electrons. The number of pyridine rings is 1. The highest BCUT2D eigenvalue weighted by atomic mass is 16.5. The van der Waals surface area contributed by atoms with Crippen LogP contribution in [-0.2, 0) is 4.74 Å². The first-order valence-electron chi connectivity index (χ1n) is 7.79. The van der Waals surface area contributed by atoms with E-state index in [1.165, 1.54) is 18.3 Å². The monoisotopic (exact) mass is 326 g/mol. The van der Waals surface area contributed by atoms with Gasteiger partial charge >= 0.3 is 5.97 Å². The third-order valence-electron chi connectivity index (χ3n) is 4.11. The lowest BCUT2D eigenvalue weighted by atomic mass is 9.95. The molecule has 1 aliphatic heterocycles. The molecule has 2 heterocycles. The zero-order valence-corrected chi connectivity index (χ0v) is 13.0. The Morgan fingerprint density at radius 3 is 2.67 bits per heavy atom. The van der Waals surface area contributed by atoms with Crippen LogP contribution in [0, 0.1) is 5.92 Å². The van der Waals surface area contributed by atoms with E-state index in [4.69, 9.17) is 9.84 Å². The number of aromatic nitrogens is 1. The smallest absolute Gasteiger partial charge is 0.354 e. The molecule has 1 fully saturated rings. The summed E-state index contributed by atoms with van der Waals surface area (Å²) in [5.41, 5.74) is 1.37. The third-order valence-corrected chi connectivity index (χ3v) is 4.11. The van der Waals surface area contributed by atoms with Gasteiger partial charge in [-0.15, -0.1) is 0 Å². The van der Waals surface area contributed by atoms with Crippen LogP contribution in [0.15, 0.2) is 48.7 Å². The molecule has 1 aromatic heterocycles. The normalized spacial score (nSPS) is 19.8. The Labute approximate surface area is 139 Å². The van der Waals surface area contributed by atoms with Crippen molar-refractivity contribution in [3.05, 3.63) is 65.5 Å². The van der Waals surface area contributed by atoms with Gasteiger partial charge in [-0.3, -0.25) is 4.79 Å². The molecule has 1 aliphatic rings. The zero-order chi connectivity index (χ0) is 16.9. The summed E-state index contributed by atoms with van der Waals surface area (Å²) in [6.07, 6.45) is 2.15. The van der Waals surface area contributed by atoms with Crippen LogP contribution in [-0.4, -0.2) is 35.1 Å². The molecule has 0 unspecified atom stereocenters. The van der Waals surface area contributed by atoms with Gasteiger partial charge in [0, 0.05) is 25.3 Å². The van der Waals surface area contributed by atoms with E-state index >= 15 is 0 Å². The summed E-state index contributed by atoms with van der Waals surface area (Å²) in [5.74, 6) is -1.17. The Kier molecular flexibility index (Phi) is 4.86. The summed E-state index contributed by atoms with van der Waals surface area (Å²) in [7, 11) is 0. The number of carbonyl (C=O) groups is 2. The highest BCUT2D eigenvalue weighted by molar-refractivity contribution is 5.94. The topological polar surface area (TPSA) is 88.5 Å². The molecular formula is C18H18N2O4. The number of ether oxygens (including phenoxy) is 1. The van der Waals surface area contributed by atoms with Gasteiger partial charge in [0.05, 0.1) is 11.7 Å². The molecule has 0 spiro atoms. The number of nitrogens with one attached hydrogen (secondary N) is 1. The van der Waals surface area contributed by atoms with Crippen molar-refractivity contribution in [2.24, 2.45) is 5.92 Å². The summed E-state index contributed by atoms with van der Waals surface area (Å²) in [5, 5.41) is 11.7. The van der Waals surface area contributed by atoms with Crippen LogP contribution in [0.5, 0.6) is 0 Å². The molecule has 0 radical (unpaired) electrons. The summed E-state index contributed by atoms with van der Waals surface area (Å²) >= 11 is 0. The van der Waals surface area contributed by atoms with Crippen molar-refractivity contribution in [1.82, 2.24) is 10.3 Å². The molecule has 6 heteroatoms. The molecule has 3 rings (SSSR count). The molecule has 1 amide bonds. The molecular weight excluding hydrogens is 308 g/mol. The van der Waals surface area contributed by atoms with Gasteiger partial charge in [0.25, 0.3) is 5.91 Å². The van der Waals surface area contributed by atoms with Crippen molar-refractivity contribution in [2.75, 3.05) is 13.2 Å². The molecule has 2 aromatic rings. The molecule has 24 heavy (non-hydrogen) atoms. The van der Waals surface area contributed by atoms with E-state index in [1.807, 2.05) is 30.3 Å². The first-order valence-corrected chi connectivity index (χ1v) is 7.79. The molecule has 1 saturated heterocycles. The van der Waals surface area contributed by atoms with Gasteiger partial charge < -0.3 is 15.2 Å². The van der Waals surface area contributed by atoms with Crippen LogP contribution < -0.4 is 5.32 Å². The van der Waals surface area contributed by atoms with E-state index in [9.17, 15) is 9.59 Å². The minimum Gasteiger partial charge on any atom is -0.477 e. The predicted octanol–water partition coefficient (Wildman–Crippen LogP) is 2.29. The Morgan fingerprint density at radius 2 is 2.00 bits per heavy atom. The summed E-state index contributed by atoms with van der Waals surface area (Å²) in [6, 6.07) is 12.8. The summed E-state index contributed by atoms with van der Waals surface area (Å²) in [6.45, 7) is 1.17. The van der Waals surface area contributed by atoms with Crippen molar-refractivity contribution >= 4 is 11.9 Å². The zero-order valence-electron chi connectivity index (χ0n) is 13.0. The van der Waals surface area contributed by atoms with Gasteiger partial charge in [0.15, 0.2) is 0 Å². The van der Waals surface area contributed by atoms with E-state index in [-0.39, 0.29) is 23.6 Å². The fourth-order valence-electron chi connectivity index (χ4n) is 2.83. The molecule has 0 bridgehead atoms. The van der Waals surface area contributed by atoms with Gasteiger partial charge in [0.1, 0.15) is 5.69 Å². The predicted molar refractivity (Wildman–Crippen MR) is 86.8 cm³/mol. The van der Waals surface area contributed by atoms with E-state index < -0.39 is 5.97 Å². The van der Waals surface area contributed by atoms with Crippen LogP contribution in [0.3, 0.4) is 0 Å². The van der Waals surface area contributed by atoms with Crippen LogP contribution in [0.2, 0.25) is 0 Å². The Bertz CT molecular complexity index is 716. The molecule has 1 aromatic carbocycles. The second kappa shape index (κ2) is 7.23. The molecule has 0 aliphatic carbocycles. The van der Waals surface area contributed by atoms with Gasteiger partial charge in [-0.05, 0) is 24.1 Å². The number of nitrogens with zero attached hydrogens (tertiary/aromatic N) is 1.